The summed E-state index contributed by atoms with van der Waals surface area (Å²) in [5.74, 6) is -0.343. The van der Waals surface area contributed by atoms with Crippen LogP contribution in [0.5, 0.6) is 5.75 Å². The lowest BCUT2D eigenvalue weighted by atomic mass is 10.1. The smallest absolute Gasteiger partial charge is 0.419 e. The SMILES string of the molecule is COc1c(C(=S)Cl)cccc1C(F)(F)F. The van der Waals surface area contributed by atoms with Gasteiger partial charge < -0.3 is 4.74 Å². The Morgan fingerprint density at radius 1 is 1.40 bits per heavy atom. The molecule has 0 saturated carbocycles. The first-order chi connectivity index (χ1) is 6.88. The van der Waals surface area contributed by atoms with E-state index in [9.17, 15) is 13.2 Å². The zero-order valence-corrected chi connectivity index (χ0v) is 9.13. The van der Waals surface area contributed by atoms with Crippen LogP contribution in [-0.4, -0.2) is 11.4 Å². The molecule has 0 saturated heterocycles. The fourth-order valence-corrected chi connectivity index (χ4v) is 1.44. The number of para-hydroxylation sites is 1. The highest BCUT2D eigenvalue weighted by molar-refractivity contribution is 7.83. The zero-order chi connectivity index (χ0) is 11.6. The largest absolute Gasteiger partial charge is 0.495 e. The van der Waals surface area contributed by atoms with E-state index >= 15 is 0 Å². The summed E-state index contributed by atoms with van der Waals surface area (Å²) in [6, 6.07) is 3.52. The number of hydrogen-bond donors (Lipinski definition) is 0. The van der Waals surface area contributed by atoms with Crippen molar-refractivity contribution in [1.29, 1.82) is 0 Å². The molecule has 1 aromatic carbocycles. The van der Waals surface area contributed by atoms with Crippen molar-refractivity contribution in [1.82, 2.24) is 0 Å². The van der Waals surface area contributed by atoms with Crippen LogP contribution in [0.2, 0.25) is 0 Å². The first kappa shape index (κ1) is 12.3. The number of ether oxygens (including phenoxy) is 1. The molecule has 0 N–H and O–H groups in total. The third-order valence-electron chi connectivity index (χ3n) is 1.74. The lowest BCUT2D eigenvalue weighted by Crippen LogP contribution is -2.09. The van der Waals surface area contributed by atoms with Gasteiger partial charge in [0.1, 0.15) is 10.1 Å². The van der Waals surface area contributed by atoms with Crippen LogP contribution in [-0.2, 0) is 6.18 Å². The summed E-state index contributed by atoms with van der Waals surface area (Å²) < 4.78 is 42.1. The van der Waals surface area contributed by atoms with Crippen molar-refractivity contribution < 1.29 is 17.9 Å². The highest BCUT2D eigenvalue weighted by Crippen LogP contribution is 2.38. The Hall–Kier alpha value is -0.810. The third-order valence-corrected chi connectivity index (χ3v) is 2.16. The van der Waals surface area contributed by atoms with Crippen LogP contribution < -0.4 is 4.74 Å². The van der Waals surface area contributed by atoms with E-state index in [0.29, 0.717) is 0 Å². The third kappa shape index (κ3) is 2.60. The highest BCUT2D eigenvalue weighted by Gasteiger charge is 2.35. The number of benzene rings is 1. The molecule has 0 aromatic heterocycles. The molecule has 82 valence electrons. The lowest BCUT2D eigenvalue weighted by Gasteiger charge is -2.14. The molecule has 0 heterocycles. The molecule has 0 aliphatic carbocycles. The quantitative estimate of drug-likeness (QED) is 0.589. The van der Waals surface area contributed by atoms with E-state index in [1.54, 1.807) is 0 Å². The summed E-state index contributed by atoms with van der Waals surface area (Å²) in [5.41, 5.74) is -0.811. The van der Waals surface area contributed by atoms with Crippen LogP contribution in [0, 0.1) is 0 Å². The summed E-state index contributed by atoms with van der Waals surface area (Å²) in [4.78, 5) is 0. The first-order valence-electron chi connectivity index (χ1n) is 3.82. The Kier molecular flexibility index (Phi) is 3.57. The minimum atomic E-state index is -4.48. The molecule has 0 aliphatic rings. The predicted octanol–water partition coefficient (Wildman–Crippen LogP) is 3.63. The number of alkyl halides is 3. The molecule has 0 bridgehead atoms. The highest BCUT2D eigenvalue weighted by atomic mass is 35.5. The van der Waals surface area contributed by atoms with Crippen molar-refractivity contribution in [2.24, 2.45) is 0 Å². The van der Waals surface area contributed by atoms with Crippen LogP contribution in [0.4, 0.5) is 13.2 Å². The van der Waals surface area contributed by atoms with Gasteiger partial charge in [-0.2, -0.15) is 13.2 Å². The van der Waals surface area contributed by atoms with Gasteiger partial charge in [0.05, 0.1) is 12.7 Å². The fraction of sp³-hybridized carbons (Fsp3) is 0.222. The van der Waals surface area contributed by atoms with E-state index in [-0.39, 0.29) is 15.6 Å². The van der Waals surface area contributed by atoms with Crippen molar-refractivity contribution in [2.75, 3.05) is 7.11 Å². The molecule has 6 heteroatoms. The Morgan fingerprint density at radius 3 is 2.40 bits per heavy atom. The molecule has 1 rings (SSSR count). The van der Waals surface area contributed by atoms with Gasteiger partial charge in [-0.25, -0.2) is 0 Å². The summed E-state index contributed by atoms with van der Waals surface area (Å²) in [6.45, 7) is 0. The maximum absolute atomic E-state index is 12.5. The van der Waals surface area contributed by atoms with E-state index in [0.717, 1.165) is 13.2 Å². The topological polar surface area (TPSA) is 9.23 Å². The van der Waals surface area contributed by atoms with Gasteiger partial charge in [0.2, 0.25) is 0 Å². The van der Waals surface area contributed by atoms with Gasteiger partial charge in [-0.15, -0.1) is 0 Å². The normalized spacial score (nSPS) is 11.3. The second kappa shape index (κ2) is 4.37. The van der Waals surface area contributed by atoms with Gasteiger partial charge in [-0.3, -0.25) is 0 Å². The molecule has 15 heavy (non-hydrogen) atoms. The summed E-state index contributed by atoms with van der Waals surface area (Å²) in [5, 5.41) is 0. The second-order valence-electron chi connectivity index (χ2n) is 2.66. The van der Waals surface area contributed by atoms with Crippen molar-refractivity contribution in [2.45, 2.75) is 6.18 Å². The summed E-state index contributed by atoms with van der Waals surface area (Å²) >= 11 is 10.1. The van der Waals surface area contributed by atoms with Crippen LogP contribution in [0.3, 0.4) is 0 Å². The Labute approximate surface area is 94.8 Å². The molecule has 0 radical (unpaired) electrons. The maximum Gasteiger partial charge on any atom is 0.419 e. The zero-order valence-electron chi connectivity index (χ0n) is 7.56. The Bertz CT molecular complexity index is 389. The molecule has 0 atom stereocenters. The number of methoxy groups -OCH3 is 1. The van der Waals surface area contributed by atoms with Crippen LogP contribution >= 0.6 is 23.8 Å². The molecular weight excluding hydrogens is 249 g/mol. The van der Waals surface area contributed by atoms with Gasteiger partial charge in [0.15, 0.2) is 0 Å². The minimum Gasteiger partial charge on any atom is -0.495 e. The van der Waals surface area contributed by atoms with Crippen molar-refractivity contribution in [3.63, 3.8) is 0 Å². The molecule has 0 unspecified atom stereocenters. The molecule has 1 aromatic rings. The Morgan fingerprint density at radius 2 is 2.00 bits per heavy atom. The fourth-order valence-electron chi connectivity index (χ4n) is 1.13. The number of rotatable bonds is 2. The second-order valence-corrected chi connectivity index (χ2v) is 3.67. The molecule has 0 amide bonds. The molecule has 1 nitrogen and oxygen atoms in total. The van der Waals surface area contributed by atoms with Crippen LogP contribution in [0.25, 0.3) is 0 Å². The maximum atomic E-state index is 12.5. The monoisotopic (exact) mass is 254 g/mol. The first-order valence-corrected chi connectivity index (χ1v) is 4.60. The minimum absolute atomic E-state index is 0.0731. The van der Waals surface area contributed by atoms with Crippen LogP contribution in [0.15, 0.2) is 18.2 Å². The summed E-state index contributed by atoms with van der Waals surface area (Å²) in [6.07, 6.45) is -4.48. The predicted molar refractivity (Wildman–Crippen MR) is 55.5 cm³/mol. The molecule has 0 spiro atoms. The molecule has 0 aliphatic heterocycles. The van der Waals surface area contributed by atoms with Gasteiger partial charge in [-0.05, 0) is 12.1 Å². The Balaban J connectivity index is 3.42. The van der Waals surface area contributed by atoms with Crippen LogP contribution in [0.1, 0.15) is 11.1 Å². The number of halogens is 4. The van der Waals surface area contributed by atoms with E-state index in [1.165, 1.54) is 12.1 Å². The van der Waals surface area contributed by atoms with Crippen molar-refractivity contribution in [3.8, 4) is 5.75 Å². The van der Waals surface area contributed by atoms with E-state index in [4.69, 9.17) is 11.6 Å². The van der Waals surface area contributed by atoms with Crippen molar-refractivity contribution >= 4 is 28.1 Å². The van der Waals surface area contributed by atoms with Gasteiger partial charge in [0, 0.05) is 5.56 Å². The lowest BCUT2D eigenvalue weighted by molar-refractivity contribution is -0.138. The molecular formula is C9H6ClF3OS. The average Bonchev–Trinajstić information content (AvgIpc) is 2.15. The van der Waals surface area contributed by atoms with Crippen molar-refractivity contribution in [3.05, 3.63) is 29.3 Å². The molecule has 0 fully saturated rings. The van der Waals surface area contributed by atoms with Gasteiger partial charge >= 0.3 is 6.18 Å². The van der Waals surface area contributed by atoms with Gasteiger partial charge in [-0.1, -0.05) is 29.9 Å². The average molecular weight is 255 g/mol. The van der Waals surface area contributed by atoms with E-state index < -0.39 is 11.7 Å². The number of thiocarbonyl (C=S) groups is 1. The van der Waals surface area contributed by atoms with E-state index in [1.807, 2.05) is 0 Å². The summed E-state index contributed by atoms with van der Waals surface area (Å²) in [7, 11) is 1.14. The van der Waals surface area contributed by atoms with E-state index in [2.05, 4.69) is 17.0 Å². The van der Waals surface area contributed by atoms with Gasteiger partial charge in [0.25, 0.3) is 0 Å². The standard InChI is InChI=1S/C9H6ClF3OS/c1-14-7-5(8(10)15)3-2-4-6(7)9(11,12)13/h2-4H,1H3. The number of hydrogen-bond acceptors (Lipinski definition) is 2.